The highest BCUT2D eigenvalue weighted by Crippen LogP contribution is 2.18. The minimum Gasteiger partial charge on any atom is -0.382 e. The van der Waals surface area contributed by atoms with Crippen LogP contribution in [0.5, 0.6) is 0 Å². The molecule has 0 aliphatic rings. The third kappa shape index (κ3) is 3.72. The molecule has 2 aromatic rings. The summed E-state index contributed by atoms with van der Waals surface area (Å²) in [6.07, 6.45) is 2.38. The maximum atomic E-state index is 13.7. The van der Waals surface area contributed by atoms with Crippen LogP contribution in [0.3, 0.4) is 0 Å². The maximum Gasteiger partial charge on any atom is 0.238 e. The molecule has 3 N–H and O–H groups in total. The van der Waals surface area contributed by atoms with Crippen LogP contribution in [-0.4, -0.2) is 19.9 Å². The lowest BCUT2D eigenvalue weighted by Crippen LogP contribution is -2.13. The number of benzene rings is 1. The summed E-state index contributed by atoms with van der Waals surface area (Å²) in [4.78, 5) is 3.86. The zero-order chi connectivity index (χ0) is 13.9. The van der Waals surface area contributed by atoms with Crippen molar-refractivity contribution >= 4 is 27.0 Å². The number of thiazole rings is 1. The van der Waals surface area contributed by atoms with E-state index >= 15 is 0 Å². The van der Waals surface area contributed by atoms with E-state index in [0.717, 1.165) is 11.1 Å². The van der Waals surface area contributed by atoms with Gasteiger partial charge in [0.05, 0.1) is 15.6 Å². The summed E-state index contributed by atoms with van der Waals surface area (Å²) in [5.41, 5.74) is 0.240. The van der Waals surface area contributed by atoms with Gasteiger partial charge in [-0.3, -0.25) is 0 Å². The minimum absolute atomic E-state index is 0.240. The van der Waals surface area contributed by atoms with Crippen molar-refractivity contribution in [2.24, 2.45) is 5.14 Å². The number of anilines is 1. The Hall–Kier alpha value is -1.51. The molecule has 1 aromatic heterocycles. The van der Waals surface area contributed by atoms with Crippen molar-refractivity contribution in [1.29, 1.82) is 0 Å². The van der Waals surface area contributed by atoms with E-state index in [1.807, 2.05) is 5.38 Å². The zero-order valence-corrected chi connectivity index (χ0v) is 11.5. The van der Waals surface area contributed by atoms with Gasteiger partial charge in [-0.25, -0.2) is 22.9 Å². The molecule has 0 saturated heterocycles. The fraction of sp³-hybridized carbons (Fsp3) is 0.182. The van der Waals surface area contributed by atoms with Crippen molar-refractivity contribution in [3.05, 3.63) is 40.6 Å². The summed E-state index contributed by atoms with van der Waals surface area (Å²) < 4.78 is 35.8. The Bertz CT molecular complexity index is 657. The Morgan fingerprint density at radius 3 is 2.79 bits per heavy atom. The minimum atomic E-state index is -3.87. The first-order valence-electron chi connectivity index (χ1n) is 5.41. The molecule has 0 fully saturated rings. The van der Waals surface area contributed by atoms with Crippen molar-refractivity contribution in [2.45, 2.75) is 11.3 Å². The maximum absolute atomic E-state index is 13.7. The molecular formula is C11H12FN3O2S2. The number of rotatable bonds is 5. The Morgan fingerprint density at radius 2 is 2.21 bits per heavy atom. The van der Waals surface area contributed by atoms with Crippen LogP contribution in [0.15, 0.2) is 34.7 Å². The highest BCUT2D eigenvalue weighted by Gasteiger charge is 2.11. The number of nitrogens with one attached hydrogen (secondary N) is 1. The molecule has 0 amide bonds. The van der Waals surface area contributed by atoms with Crippen LogP contribution in [0.1, 0.15) is 5.01 Å². The second-order valence-corrected chi connectivity index (χ2v) is 6.33. The molecule has 0 saturated carbocycles. The van der Waals surface area contributed by atoms with Crippen LogP contribution < -0.4 is 10.5 Å². The first kappa shape index (κ1) is 13.9. The molecule has 0 bridgehead atoms. The number of primary sulfonamides is 1. The van der Waals surface area contributed by atoms with Gasteiger partial charge in [-0.1, -0.05) is 0 Å². The summed E-state index contributed by atoms with van der Waals surface area (Å²) in [6, 6.07) is 3.53. The molecule has 8 heteroatoms. The Balaban J connectivity index is 2.01. The number of nitrogens with zero attached hydrogens (tertiary/aromatic N) is 1. The average molecular weight is 301 g/mol. The van der Waals surface area contributed by atoms with Crippen molar-refractivity contribution in [3.8, 4) is 0 Å². The number of nitrogens with two attached hydrogens (primary N) is 1. The summed E-state index contributed by atoms with van der Waals surface area (Å²) >= 11 is 1.53. The van der Waals surface area contributed by atoms with Gasteiger partial charge in [0.15, 0.2) is 0 Å². The number of hydrogen-bond acceptors (Lipinski definition) is 5. The van der Waals surface area contributed by atoms with Crippen molar-refractivity contribution in [2.75, 3.05) is 11.9 Å². The zero-order valence-electron chi connectivity index (χ0n) is 9.84. The van der Waals surface area contributed by atoms with Crippen LogP contribution in [0.4, 0.5) is 10.1 Å². The van der Waals surface area contributed by atoms with Gasteiger partial charge in [-0.05, 0) is 18.2 Å². The van der Waals surface area contributed by atoms with Gasteiger partial charge in [0.2, 0.25) is 10.0 Å². The molecule has 1 heterocycles. The second kappa shape index (κ2) is 5.64. The first-order valence-corrected chi connectivity index (χ1v) is 7.84. The van der Waals surface area contributed by atoms with E-state index in [0.29, 0.717) is 13.0 Å². The predicted molar refractivity (Wildman–Crippen MR) is 72.1 cm³/mol. The quantitative estimate of drug-likeness (QED) is 0.878. The summed E-state index contributed by atoms with van der Waals surface area (Å²) in [7, 11) is -3.87. The monoisotopic (exact) mass is 301 g/mol. The van der Waals surface area contributed by atoms with Gasteiger partial charge < -0.3 is 5.32 Å². The smallest absolute Gasteiger partial charge is 0.238 e. The molecule has 0 atom stereocenters. The normalized spacial score (nSPS) is 11.5. The number of sulfonamides is 1. The van der Waals surface area contributed by atoms with Crippen LogP contribution in [0.2, 0.25) is 0 Å². The van der Waals surface area contributed by atoms with Crippen LogP contribution in [0.25, 0.3) is 0 Å². The van der Waals surface area contributed by atoms with Crippen molar-refractivity contribution in [3.63, 3.8) is 0 Å². The first-order chi connectivity index (χ1) is 8.97. The molecule has 0 aliphatic heterocycles. The van der Waals surface area contributed by atoms with Gasteiger partial charge in [-0.2, -0.15) is 0 Å². The third-order valence-corrected chi connectivity index (χ3v) is 4.16. The Morgan fingerprint density at radius 1 is 1.42 bits per heavy atom. The van der Waals surface area contributed by atoms with E-state index in [-0.39, 0.29) is 10.6 Å². The standard InChI is InChI=1S/C11H12FN3O2S2/c12-9-7-8(19(13,16)17)1-2-10(9)14-4-3-11-15-5-6-18-11/h1-2,5-7,14H,3-4H2,(H2,13,16,17). The molecule has 5 nitrogen and oxygen atoms in total. The van der Waals surface area contributed by atoms with Crippen LogP contribution in [0, 0.1) is 5.82 Å². The second-order valence-electron chi connectivity index (χ2n) is 3.79. The molecule has 0 aliphatic carbocycles. The predicted octanol–water partition coefficient (Wildman–Crippen LogP) is 1.58. The van der Waals surface area contributed by atoms with Gasteiger partial charge in [-0.15, -0.1) is 11.3 Å². The fourth-order valence-corrected chi connectivity index (χ4v) is 2.64. The SMILES string of the molecule is NS(=O)(=O)c1ccc(NCCc2nccs2)c(F)c1. The molecule has 0 spiro atoms. The van der Waals surface area contributed by atoms with E-state index < -0.39 is 15.8 Å². The molecule has 0 radical (unpaired) electrons. The van der Waals surface area contributed by atoms with Crippen LogP contribution in [-0.2, 0) is 16.4 Å². The van der Waals surface area contributed by atoms with Gasteiger partial charge in [0, 0.05) is 24.5 Å². The van der Waals surface area contributed by atoms with E-state index in [9.17, 15) is 12.8 Å². The Labute approximate surface area is 114 Å². The van der Waals surface area contributed by atoms with Crippen molar-refractivity contribution in [1.82, 2.24) is 4.98 Å². The van der Waals surface area contributed by atoms with E-state index in [1.165, 1.54) is 23.5 Å². The lowest BCUT2D eigenvalue weighted by Gasteiger charge is -2.07. The topological polar surface area (TPSA) is 85.1 Å². The number of hydrogen-bond donors (Lipinski definition) is 2. The Kier molecular flexibility index (Phi) is 4.13. The lowest BCUT2D eigenvalue weighted by atomic mass is 10.3. The molecule has 19 heavy (non-hydrogen) atoms. The largest absolute Gasteiger partial charge is 0.382 e. The highest BCUT2D eigenvalue weighted by atomic mass is 32.2. The van der Waals surface area contributed by atoms with E-state index in [2.05, 4.69) is 10.3 Å². The number of aromatic nitrogens is 1. The summed E-state index contributed by atoms with van der Waals surface area (Å²) in [5, 5.41) is 10.6. The summed E-state index contributed by atoms with van der Waals surface area (Å²) in [6.45, 7) is 0.513. The van der Waals surface area contributed by atoms with Crippen LogP contribution >= 0.6 is 11.3 Å². The molecule has 0 unspecified atom stereocenters. The number of halogens is 1. The third-order valence-electron chi connectivity index (χ3n) is 2.41. The summed E-state index contributed by atoms with van der Waals surface area (Å²) in [5.74, 6) is -0.648. The highest BCUT2D eigenvalue weighted by molar-refractivity contribution is 7.89. The molecule has 2 rings (SSSR count). The fourth-order valence-electron chi connectivity index (χ4n) is 1.50. The molecular weight excluding hydrogens is 289 g/mol. The van der Waals surface area contributed by atoms with Gasteiger partial charge in [0.1, 0.15) is 5.82 Å². The van der Waals surface area contributed by atoms with E-state index in [4.69, 9.17) is 5.14 Å². The van der Waals surface area contributed by atoms with Gasteiger partial charge in [0.25, 0.3) is 0 Å². The van der Waals surface area contributed by atoms with E-state index in [1.54, 1.807) is 6.20 Å². The molecule has 1 aromatic carbocycles. The average Bonchev–Trinajstić information content (AvgIpc) is 2.83. The van der Waals surface area contributed by atoms with Crippen molar-refractivity contribution < 1.29 is 12.8 Å². The van der Waals surface area contributed by atoms with Gasteiger partial charge >= 0.3 is 0 Å². The molecule has 102 valence electrons. The lowest BCUT2D eigenvalue weighted by molar-refractivity contribution is 0.593.